The van der Waals surface area contributed by atoms with Crippen molar-refractivity contribution in [3.63, 3.8) is 0 Å². The number of hydrogen-bond acceptors (Lipinski definition) is 3. The second-order valence-corrected chi connectivity index (χ2v) is 7.08. The summed E-state index contributed by atoms with van der Waals surface area (Å²) >= 11 is 1.50. The fourth-order valence-corrected chi connectivity index (χ4v) is 2.52. The van der Waals surface area contributed by atoms with Gasteiger partial charge in [-0.25, -0.2) is 0 Å². The first-order valence-electron chi connectivity index (χ1n) is 7.29. The summed E-state index contributed by atoms with van der Waals surface area (Å²) in [5.74, 6) is -0.618. The molecule has 0 aliphatic carbocycles. The van der Waals surface area contributed by atoms with Gasteiger partial charge in [0.2, 0.25) is 0 Å². The monoisotopic (exact) mass is 328 g/mol. The molecule has 0 radical (unpaired) electrons. The summed E-state index contributed by atoms with van der Waals surface area (Å²) in [6, 6.07) is 12.6. The highest BCUT2D eigenvalue weighted by Gasteiger charge is 2.19. The Hall–Kier alpha value is -2.40. The lowest BCUT2D eigenvalue weighted by molar-refractivity contribution is -0.119. The molecule has 23 heavy (non-hydrogen) atoms. The second kappa shape index (κ2) is 7.24. The SMILES string of the molecule is CC(C)(C)NC(=O)/C(=C\c1cccs1)NC(=O)c1ccccc1. The Balaban J connectivity index is 2.24. The van der Waals surface area contributed by atoms with Gasteiger partial charge in [-0.1, -0.05) is 24.3 Å². The predicted octanol–water partition coefficient (Wildman–Crippen LogP) is 3.43. The van der Waals surface area contributed by atoms with Crippen molar-refractivity contribution >= 4 is 29.2 Å². The highest BCUT2D eigenvalue weighted by Crippen LogP contribution is 2.14. The molecule has 5 heteroatoms. The lowest BCUT2D eigenvalue weighted by Crippen LogP contribution is -2.44. The van der Waals surface area contributed by atoms with Crippen LogP contribution in [0.5, 0.6) is 0 Å². The summed E-state index contributed by atoms with van der Waals surface area (Å²) < 4.78 is 0. The molecule has 0 spiro atoms. The number of amides is 2. The van der Waals surface area contributed by atoms with Gasteiger partial charge in [0, 0.05) is 16.0 Å². The molecule has 0 saturated carbocycles. The number of thiophene rings is 1. The van der Waals surface area contributed by atoms with Gasteiger partial charge in [-0.3, -0.25) is 9.59 Å². The third-order valence-electron chi connectivity index (χ3n) is 2.85. The van der Waals surface area contributed by atoms with E-state index in [1.54, 1.807) is 30.3 Å². The zero-order chi connectivity index (χ0) is 16.9. The van der Waals surface area contributed by atoms with Crippen LogP contribution in [-0.4, -0.2) is 17.4 Å². The maximum atomic E-state index is 12.5. The summed E-state index contributed by atoms with van der Waals surface area (Å²) in [6.07, 6.45) is 1.69. The number of benzene rings is 1. The van der Waals surface area contributed by atoms with Crippen molar-refractivity contribution in [3.05, 3.63) is 64.0 Å². The first-order chi connectivity index (χ1) is 10.8. The summed E-state index contributed by atoms with van der Waals surface area (Å²) in [5.41, 5.74) is 0.354. The van der Waals surface area contributed by atoms with Gasteiger partial charge >= 0.3 is 0 Å². The Bertz CT molecular complexity index is 698. The number of carbonyl (C=O) groups is 2. The van der Waals surface area contributed by atoms with Gasteiger partial charge < -0.3 is 10.6 Å². The summed E-state index contributed by atoms with van der Waals surface area (Å²) in [6.45, 7) is 5.69. The fraction of sp³-hybridized carbons (Fsp3) is 0.222. The van der Waals surface area contributed by atoms with E-state index in [1.807, 2.05) is 44.4 Å². The molecule has 1 aromatic carbocycles. The van der Waals surface area contributed by atoms with Gasteiger partial charge in [-0.05, 0) is 50.4 Å². The first kappa shape index (κ1) is 17.0. The Morgan fingerprint density at radius 1 is 1.04 bits per heavy atom. The Labute approximate surface area is 140 Å². The maximum Gasteiger partial charge on any atom is 0.268 e. The first-order valence-corrected chi connectivity index (χ1v) is 8.17. The summed E-state index contributed by atoms with van der Waals surface area (Å²) in [7, 11) is 0. The third-order valence-corrected chi connectivity index (χ3v) is 3.67. The molecule has 0 saturated heterocycles. The van der Waals surface area contributed by atoms with Crippen molar-refractivity contribution in [2.24, 2.45) is 0 Å². The summed E-state index contributed by atoms with van der Waals surface area (Å²) in [4.78, 5) is 25.7. The van der Waals surface area contributed by atoms with E-state index >= 15 is 0 Å². The van der Waals surface area contributed by atoms with Gasteiger partial charge in [-0.2, -0.15) is 0 Å². The Morgan fingerprint density at radius 3 is 2.30 bits per heavy atom. The molecule has 1 heterocycles. The van der Waals surface area contributed by atoms with Crippen molar-refractivity contribution in [1.29, 1.82) is 0 Å². The minimum Gasteiger partial charge on any atom is -0.346 e. The molecule has 4 nitrogen and oxygen atoms in total. The molecule has 0 aliphatic rings. The number of hydrogen-bond donors (Lipinski definition) is 2. The van der Waals surface area contributed by atoms with Crippen LogP contribution in [0.25, 0.3) is 6.08 Å². The van der Waals surface area contributed by atoms with Crippen LogP contribution >= 0.6 is 11.3 Å². The van der Waals surface area contributed by atoms with E-state index in [4.69, 9.17) is 0 Å². The molecule has 2 rings (SSSR count). The molecule has 120 valence electrons. The van der Waals surface area contributed by atoms with E-state index in [9.17, 15) is 9.59 Å². The maximum absolute atomic E-state index is 12.5. The van der Waals surface area contributed by atoms with Crippen LogP contribution in [0.1, 0.15) is 36.0 Å². The largest absolute Gasteiger partial charge is 0.346 e. The smallest absolute Gasteiger partial charge is 0.268 e. The van der Waals surface area contributed by atoms with E-state index in [0.717, 1.165) is 4.88 Å². The van der Waals surface area contributed by atoms with Crippen molar-refractivity contribution < 1.29 is 9.59 Å². The molecule has 0 atom stereocenters. The number of carbonyl (C=O) groups excluding carboxylic acids is 2. The molecular weight excluding hydrogens is 308 g/mol. The van der Waals surface area contributed by atoms with Crippen LogP contribution in [0.15, 0.2) is 53.5 Å². The van der Waals surface area contributed by atoms with Crippen LogP contribution in [0.4, 0.5) is 0 Å². The van der Waals surface area contributed by atoms with Crippen molar-refractivity contribution in [3.8, 4) is 0 Å². The molecule has 2 N–H and O–H groups in total. The van der Waals surface area contributed by atoms with Crippen LogP contribution in [0, 0.1) is 0 Å². The average Bonchev–Trinajstić information content (AvgIpc) is 2.98. The molecule has 0 bridgehead atoms. The molecule has 0 unspecified atom stereocenters. The van der Waals surface area contributed by atoms with Gasteiger partial charge in [-0.15, -0.1) is 11.3 Å². The van der Waals surface area contributed by atoms with Gasteiger partial charge in [0.1, 0.15) is 5.70 Å². The predicted molar refractivity (Wildman–Crippen MR) is 94.1 cm³/mol. The van der Waals surface area contributed by atoms with Crippen LogP contribution < -0.4 is 10.6 Å². The van der Waals surface area contributed by atoms with E-state index in [0.29, 0.717) is 5.56 Å². The fourth-order valence-electron chi connectivity index (χ4n) is 1.87. The Kier molecular flexibility index (Phi) is 5.34. The standard InChI is InChI=1S/C18H20N2O2S/c1-18(2,3)20-17(22)15(12-14-10-7-11-23-14)19-16(21)13-8-5-4-6-9-13/h4-12H,1-3H3,(H,19,21)(H,20,22)/b15-12+. The van der Waals surface area contributed by atoms with E-state index < -0.39 is 0 Å². The van der Waals surface area contributed by atoms with E-state index in [2.05, 4.69) is 10.6 Å². The van der Waals surface area contributed by atoms with Crippen molar-refractivity contribution in [2.45, 2.75) is 26.3 Å². The van der Waals surface area contributed by atoms with Crippen molar-refractivity contribution in [1.82, 2.24) is 10.6 Å². The lowest BCUT2D eigenvalue weighted by atomic mass is 10.1. The lowest BCUT2D eigenvalue weighted by Gasteiger charge is -2.21. The van der Waals surface area contributed by atoms with Crippen molar-refractivity contribution in [2.75, 3.05) is 0 Å². The van der Waals surface area contributed by atoms with Gasteiger partial charge in [0.05, 0.1) is 0 Å². The zero-order valence-corrected chi connectivity index (χ0v) is 14.2. The van der Waals surface area contributed by atoms with Gasteiger partial charge in [0.25, 0.3) is 11.8 Å². The minimum absolute atomic E-state index is 0.233. The number of nitrogens with one attached hydrogen (secondary N) is 2. The van der Waals surface area contributed by atoms with E-state index in [1.165, 1.54) is 11.3 Å². The number of rotatable bonds is 4. The second-order valence-electron chi connectivity index (χ2n) is 6.10. The van der Waals surface area contributed by atoms with E-state index in [-0.39, 0.29) is 23.1 Å². The molecule has 2 amide bonds. The highest BCUT2D eigenvalue weighted by atomic mass is 32.1. The molecular formula is C18H20N2O2S. The molecule has 2 aromatic rings. The zero-order valence-electron chi connectivity index (χ0n) is 13.4. The summed E-state index contributed by atoms with van der Waals surface area (Å²) in [5, 5.41) is 7.50. The average molecular weight is 328 g/mol. The van der Waals surface area contributed by atoms with Crippen LogP contribution in [-0.2, 0) is 4.79 Å². The van der Waals surface area contributed by atoms with Crippen LogP contribution in [0.2, 0.25) is 0 Å². The molecule has 1 aromatic heterocycles. The minimum atomic E-state index is -0.386. The Morgan fingerprint density at radius 2 is 1.74 bits per heavy atom. The third kappa shape index (κ3) is 5.38. The normalized spacial score (nSPS) is 11.9. The van der Waals surface area contributed by atoms with Gasteiger partial charge in [0.15, 0.2) is 0 Å². The molecule has 0 aliphatic heterocycles. The topological polar surface area (TPSA) is 58.2 Å². The highest BCUT2D eigenvalue weighted by molar-refractivity contribution is 7.10. The quantitative estimate of drug-likeness (QED) is 0.845. The van der Waals surface area contributed by atoms with Crippen LogP contribution in [0.3, 0.4) is 0 Å². The molecule has 0 fully saturated rings.